The van der Waals surface area contributed by atoms with E-state index in [1.54, 1.807) is 6.20 Å². The Bertz CT molecular complexity index is 728. The lowest BCUT2D eigenvalue weighted by atomic mass is 9.88. The number of hydrogen-bond acceptors (Lipinski definition) is 6. The van der Waals surface area contributed by atoms with Crippen molar-refractivity contribution in [2.24, 2.45) is 5.41 Å². The number of aromatic nitrogens is 1. The zero-order valence-electron chi connectivity index (χ0n) is 22.9. The van der Waals surface area contributed by atoms with Gasteiger partial charge in [-0.3, -0.25) is 4.98 Å². The summed E-state index contributed by atoms with van der Waals surface area (Å²) >= 11 is 0. The number of alkyl carbamates (subject to hydrolysis) is 2. The van der Waals surface area contributed by atoms with E-state index in [-0.39, 0.29) is 13.2 Å². The number of amides is 2. The lowest BCUT2D eigenvalue weighted by Crippen LogP contribution is -2.51. The summed E-state index contributed by atoms with van der Waals surface area (Å²) in [4.78, 5) is 28.2. The number of pyridine rings is 1. The van der Waals surface area contributed by atoms with E-state index in [1.807, 2.05) is 18.2 Å². The molecule has 37 heavy (non-hydrogen) atoms. The Balaban J connectivity index is 1.40. The van der Waals surface area contributed by atoms with Crippen LogP contribution in [0, 0.1) is 5.41 Å². The fourth-order valence-electron chi connectivity index (χ4n) is 4.31. The highest BCUT2D eigenvalue weighted by Gasteiger charge is 2.41. The predicted octanol–water partition coefficient (Wildman–Crippen LogP) is 6.53. The minimum Gasteiger partial charge on any atom is -0.449 e. The van der Waals surface area contributed by atoms with E-state index in [0.29, 0.717) is 26.3 Å². The molecule has 8 heteroatoms. The van der Waals surface area contributed by atoms with Crippen LogP contribution in [0.25, 0.3) is 0 Å². The van der Waals surface area contributed by atoms with E-state index < -0.39 is 17.6 Å². The van der Waals surface area contributed by atoms with Crippen molar-refractivity contribution in [2.75, 3.05) is 33.0 Å². The van der Waals surface area contributed by atoms with Crippen molar-refractivity contribution in [3.8, 4) is 0 Å². The molecule has 2 heterocycles. The maximum absolute atomic E-state index is 12.1. The Morgan fingerprint density at radius 2 is 1.35 bits per heavy atom. The maximum atomic E-state index is 12.1. The second kappa shape index (κ2) is 19.7. The number of nitrogens with zero attached hydrogens (tertiary/aromatic N) is 1. The fourth-order valence-corrected chi connectivity index (χ4v) is 4.31. The molecular formula is C29H49N3O5. The van der Waals surface area contributed by atoms with E-state index in [4.69, 9.17) is 14.2 Å². The molecule has 2 N–H and O–H groups in total. The van der Waals surface area contributed by atoms with Gasteiger partial charge in [0.05, 0.1) is 30.9 Å². The van der Waals surface area contributed by atoms with Gasteiger partial charge >= 0.3 is 12.2 Å². The van der Waals surface area contributed by atoms with Crippen LogP contribution in [-0.4, -0.2) is 50.1 Å². The smallest absolute Gasteiger partial charge is 0.407 e. The van der Waals surface area contributed by atoms with Gasteiger partial charge in [-0.2, -0.15) is 0 Å². The highest BCUT2D eigenvalue weighted by molar-refractivity contribution is 5.67. The number of carbonyl (C=O) groups excluding carboxylic acids is 2. The molecule has 1 aromatic rings. The van der Waals surface area contributed by atoms with Crippen LogP contribution < -0.4 is 10.6 Å². The molecule has 0 saturated carbocycles. The molecular weight excluding hydrogens is 470 g/mol. The van der Waals surface area contributed by atoms with Crippen molar-refractivity contribution >= 4 is 12.2 Å². The van der Waals surface area contributed by atoms with Crippen LogP contribution in [0.5, 0.6) is 0 Å². The van der Waals surface area contributed by atoms with Gasteiger partial charge in [-0.1, -0.05) is 96.5 Å². The average Bonchev–Trinajstić information content (AvgIpc) is 2.89. The molecule has 1 saturated heterocycles. The first-order chi connectivity index (χ1) is 18.1. The quantitative estimate of drug-likeness (QED) is 0.179. The van der Waals surface area contributed by atoms with Crippen molar-refractivity contribution in [2.45, 2.75) is 103 Å². The van der Waals surface area contributed by atoms with Crippen molar-refractivity contribution in [1.82, 2.24) is 15.6 Å². The molecule has 0 atom stereocenters. The van der Waals surface area contributed by atoms with Crippen LogP contribution in [0.2, 0.25) is 0 Å². The first-order valence-corrected chi connectivity index (χ1v) is 14.4. The SMILES string of the molecule is CCCCCCCCCCCCCCCCNC(=O)OCC1(COC(=O)NCc2ccccn2)COC1. The van der Waals surface area contributed by atoms with Gasteiger partial charge in [-0.05, 0) is 18.6 Å². The summed E-state index contributed by atoms with van der Waals surface area (Å²) < 4.78 is 16.0. The first kappa shape index (κ1) is 30.9. The van der Waals surface area contributed by atoms with Gasteiger partial charge in [0, 0.05) is 12.7 Å². The molecule has 1 aliphatic heterocycles. The van der Waals surface area contributed by atoms with Gasteiger partial charge in [0.2, 0.25) is 0 Å². The van der Waals surface area contributed by atoms with Crippen LogP contribution in [-0.2, 0) is 20.8 Å². The third kappa shape index (κ3) is 14.8. The standard InChI is InChI=1S/C29H49N3O5/c1-2-3-4-5-6-7-8-9-10-11-12-13-14-16-20-31-27(33)36-24-29(22-35-23-29)25-37-28(34)32-21-26-18-15-17-19-30-26/h15,17-19H,2-14,16,20-25H2,1H3,(H,31,33)(H,32,34). The summed E-state index contributed by atoms with van der Waals surface area (Å²) in [6.45, 7) is 4.26. The monoisotopic (exact) mass is 519 g/mol. The Morgan fingerprint density at radius 1 is 0.811 bits per heavy atom. The fraction of sp³-hybridized carbons (Fsp3) is 0.759. The van der Waals surface area contributed by atoms with Crippen molar-refractivity contribution in [1.29, 1.82) is 0 Å². The zero-order valence-corrected chi connectivity index (χ0v) is 22.9. The Morgan fingerprint density at radius 3 is 1.84 bits per heavy atom. The van der Waals surface area contributed by atoms with Crippen molar-refractivity contribution in [3.05, 3.63) is 30.1 Å². The largest absolute Gasteiger partial charge is 0.449 e. The van der Waals surface area contributed by atoms with Crippen LogP contribution in [0.1, 0.15) is 103 Å². The molecule has 0 unspecified atom stereocenters. The third-order valence-electron chi connectivity index (χ3n) is 6.78. The van der Waals surface area contributed by atoms with E-state index in [0.717, 1.165) is 18.5 Å². The molecule has 0 radical (unpaired) electrons. The normalized spacial score (nSPS) is 14.0. The minimum absolute atomic E-state index is 0.132. The lowest BCUT2D eigenvalue weighted by molar-refractivity contribution is -0.158. The first-order valence-electron chi connectivity index (χ1n) is 14.4. The van der Waals surface area contributed by atoms with Gasteiger partial charge in [-0.25, -0.2) is 9.59 Å². The van der Waals surface area contributed by atoms with E-state index in [9.17, 15) is 9.59 Å². The van der Waals surface area contributed by atoms with Crippen LogP contribution in [0.3, 0.4) is 0 Å². The van der Waals surface area contributed by atoms with Gasteiger partial charge in [0.1, 0.15) is 13.2 Å². The zero-order chi connectivity index (χ0) is 26.4. The summed E-state index contributed by atoms with van der Waals surface area (Å²) in [5.74, 6) is 0. The molecule has 0 bridgehead atoms. The van der Waals surface area contributed by atoms with Crippen LogP contribution in [0.15, 0.2) is 24.4 Å². The van der Waals surface area contributed by atoms with Gasteiger partial charge < -0.3 is 24.8 Å². The Labute approximate surface area is 223 Å². The number of rotatable bonds is 21. The molecule has 8 nitrogen and oxygen atoms in total. The van der Waals surface area contributed by atoms with Crippen LogP contribution in [0.4, 0.5) is 9.59 Å². The molecule has 2 rings (SSSR count). The Kier molecular flexibility index (Phi) is 16.5. The molecule has 1 aliphatic rings. The van der Waals surface area contributed by atoms with Crippen LogP contribution >= 0.6 is 0 Å². The molecule has 0 aliphatic carbocycles. The van der Waals surface area contributed by atoms with Gasteiger partial charge in [0.25, 0.3) is 0 Å². The summed E-state index contributed by atoms with van der Waals surface area (Å²) in [5, 5.41) is 5.49. The van der Waals surface area contributed by atoms with Gasteiger partial charge in [0.15, 0.2) is 0 Å². The Hall–Kier alpha value is -2.35. The number of ether oxygens (including phenoxy) is 3. The molecule has 1 aromatic heterocycles. The molecule has 0 spiro atoms. The lowest BCUT2D eigenvalue weighted by Gasteiger charge is -2.39. The molecule has 1 fully saturated rings. The third-order valence-corrected chi connectivity index (χ3v) is 6.78. The summed E-state index contributed by atoms with van der Waals surface area (Å²) in [6, 6.07) is 5.50. The van der Waals surface area contributed by atoms with Gasteiger partial charge in [-0.15, -0.1) is 0 Å². The average molecular weight is 520 g/mol. The van der Waals surface area contributed by atoms with Crippen molar-refractivity contribution < 1.29 is 23.8 Å². The van der Waals surface area contributed by atoms with E-state index in [1.165, 1.54) is 77.0 Å². The number of carbonyl (C=O) groups is 2. The maximum Gasteiger partial charge on any atom is 0.407 e. The number of unbranched alkanes of at least 4 members (excludes halogenated alkanes) is 13. The topological polar surface area (TPSA) is 98.8 Å². The highest BCUT2D eigenvalue weighted by Crippen LogP contribution is 2.28. The second-order valence-electron chi connectivity index (χ2n) is 10.3. The molecule has 210 valence electrons. The predicted molar refractivity (Wildman–Crippen MR) is 145 cm³/mol. The minimum atomic E-state index is -0.529. The summed E-state index contributed by atoms with van der Waals surface area (Å²) in [6.07, 6.45) is 19.0. The van der Waals surface area contributed by atoms with Crippen molar-refractivity contribution in [3.63, 3.8) is 0 Å². The van der Waals surface area contributed by atoms with E-state index >= 15 is 0 Å². The summed E-state index contributed by atoms with van der Waals surface area (Å²) in [5.41, 5.74) is 0.273. The highest BCUT2D eigenvalue weighted by atomic mass is 16.6. The molecule has 2 amide bonds. The molecule has 0 aromatic carbocycles. The number of nitrogens with one attached hydrogen (secondary N) is 2. The second-order valence-corrected chi connectivity index (χ2v) is 10.3. The number of hydrogen-bond donors (Lipinski definition) is 2. The van der Waals surface area contributed by atoms with E-state index in [2.05, 4.69) is 22.5 Å². The summed E-state index contributed by atoms with van der Waals surface area (Å²) in [7, 11) is 0.